The van der Waals surface area contributed by atoms with Crippen molar-refractivity contribution in [3.8, 4) is 0 Å². The Labute approximate surface area is 107 Å². The van der Waals surface area contributed by atoms with E-state index in [4.69, 9.17) is 0 Å². The third-order valence-corrected chi connectivity index (χ3v) is 5.35. The van der Waals surface area contributed by atoms with Crippen molar-refractivity contribution in [1.29, 1.82) is 0 Å². The highest BCUT2D eigenvalue weighted by Crippen LogP contribution is 2.31. The fourth-order valence-corrected chi connectivity index (χ4v) is 4.07. The molecule has 0 saturated carbocycles. The van der Waals surface area contributed by atoms with E-state index in [1.165, 1.54) is 16.9 Å². The highest BCUT2D eigenvalue weighted by atomic mass is 32.2. The molecule has 3 nitrogen and oxygen atoms in total. The number of aryl methyl sites for hydroxylation is 1. The number of anilines is 1. The monoisotopic (exact) mass is 271 g/mol. The van der Waals surface area contributed by atoms with Gasteiger partial charge in [-0.3, -0.25) is 4.72 Å². The molecule has 0 aliphatic carbocycles. The lowest BCUT2D eigenvalue weighted by atomic mass is 10.1. The van der Waals surface area contributed by atoms with E-state index in [2.05, 4.69) is 4.72 Å². The molecule has 1 N–H and O–H groups in total. The lowest BCUT2D eigenvalue weighted by Crippen LogP contribution is -2.16. The van der Waals surface area contributed by atoms with Crippen molar-refractivity contribution in [3.05, 3.63) is 23.8 Å². The molecule has 0 spiro atoms. The van der Waals surface area contributed by atoms with E-state index in [9.17, 15) is 8.42 Å². The molecule has 0 bridgehead atoms. The first-order valence-electron chi connectivity index (χ1n) is 5.87. The number of fused-ring (bicyclic) bond motifs is 1. The number of hydrogen-bond donors (Lipinski definition) is 1. The maximum absolute atomic E-state index is 11.7. The Kier molecular flexibility index (Phi) is 3.99. The topological polar surface area (TPSA) is 46.2 Å². The molecule has 0 aromatic heterocycles. The smallest absolute Gasteiger partial charge is 0.232 e. The number of thioether (sulfide) groups is 1. The molecule has 1 aliphatic rings. The average Bonchev–Trinajstić information content (AvgIpc) is 2.28. The largest absolute Gasteiger partial charge is 0.284 e. The van der Waals surface area contributed by atoms with Gasteiger partial charge in [0.1, 0.15) is 0 Å². The van der Waals surface area contributed by atoms with E-state index < -0.39 is 10.0 Å². The van der Waals surface area contributed by atoms with Gasteiger partial charge in [0.25, 0.3) is 0 Å². The van der Waals surface area contributed by atoms with Crippen LogP contribution in [0.25, 0.3) is 0 Å². The van der Waals surface area contributed by atoms with Crippen LogP contribution in [-0.2, 0) is 16.4 Å². The summed E-state index contributed by atoms with van der Waals surface area (Å²) in [6, 6.07) is 5.84. The second-order valence-electron chi connectivity index (χ2n) is 4.20. The fourth-order valence-electron chi connectivity index (χ4n) is 1.92. The van der Waals surface area contributed by atoms with Crippen molar-refractivity contribution in [2.24, 2.45) is 0 Å². The predicted octanol–water partition coefficient (Wildman–Crippen LogP) is 2.88. The van der Waals surface area contributed by atoms with Gasteiger partial charge in [0.2, 0.25) is 10.0 Å². The molecule has 5 heteroatoms. The van der Waals surface area contributed by atoms with Gasteiger partial charge in [-0.1, -0.05) is 6.92 Å². The van der Waals surface area contributed by atoms with E-state index >= 15 is 0 Å². The zero-order valence-corrected chi connectivity index (χ0v) is 11.5. The van der Waals surface area contributed by atoms with Gasteiger partial charge < -0.3 is 0 Å². The average molecular weight is 271 g/mol. The zero-order valence-electron chi connectivity index (χ0n) is 9.90. The van der Waals surface area contributed by atoms with Gasteiger partial charge in [-0.25, -0.2) is 8.42 Å². The van der Waals surface area contributed by atoms with Crippen LogP contribution in [0.4, 0.5) is 5.69 Å². The van der Waals surface area contributed by atoms with Crippen LogP contribution in [0.3, 0.4) is 0 Å². The first-order chi connectivity index (χ1) is 8.11. The predicted molar refractivity (Wildman–Crippen MR) is 73.2 cm³/mol. The normalized spacial score (nSPS) is 15.4. The summed E-state index contributed by atoms with van der Waals surface area (Å²) in [7, 11) is -3.17. The number of nitrogens with one attached hydrogen (secondary N) is 1. The number of sulfonamides is 1. The molecular weight excluding hydrogens is 254 g/mol. The van der Waals surface area contributed by atoms with E-state index in [0.29, 0.717) is 12.1 Å². The fraction of sp³-hybridized carbons (Fsp3) is 0.500. The summed E-state index contributed by atoms with van der Waals surface area (Å²) in [5.74, 6) is 1.34. The van der Waals surface area contributed by atoms with Gasteiger partial charge >= 0.3 is 0 Å². The molecule has 0 radical (unpaired) electrons. The molecule has 0 amide bonds. The Morgan fingerprint density at radius 1 is 1.41 bits per heavy atom. The molecular formula is C12H17NO2S2. The lowest BCUT2D eigenvalue weighted by Gasteiger charge is -2.16. The minimum absolute atomic E-state index is 0.179. The van der Waals surface area contributed by atoms with Gasteiger partial charge in [0.15, 0.2) is 0 Å². The highest BCUT2D eigenvalue weighted by Gasteiger charge is 2.13. The van der Waals surface area contributed by atoms with Crippen molar-refractivity contribution in [1.82, 2.24) is 0 Å². The molecule has 1 aromatic rings. The summed E-state index contributed by atoms with van der Waals surface area (Å²) in [4.78, 5) is 1.29. The summed E-state index contributed by atoms with van der Waals surface area (Å²) >= 11 is 1.85. The third-order valence-electron chi connectivity index (χ3n) is 2.65. The molecule has 0 unspecified atom stereocenters. The van der Waals surface area contributed by atoms with Crippen molar-refractivity contribution < 1.29 is 8.42 Å². The van der Waals surface area contributed by atoms with E-state index in [1.807, 2.05) is 36.9 Å². The van der Waals surface area contributed by atoms with Crippen LogP contribution in [0.15, 0.2) is 23.1 Å². The first-order valence-corrected chi connectivity index (χ1v) is 8.51. The summed E-state index contributed by atoms with van der Waals surface area (Å²) in [5.41, 5.74) is 1.96. The third kappa shape index (κ3) is 3.39. The summed E-state index contributed by atoms with van der Waals surface area (Å²) in [6.45, 7) is 1.86. The molecule has 0 fully saturated rings. The molecule has 1 aromatic carbocycles. The van der Waals surface area contributed by atoms with Gasteiger partial charge in [-0.2, -0.15) is 0 Å². The summed E-state index contributed by atoms with van der Waals surface area (Å²) in [5, 5.41) is 0. The first kappa shape index (κ1) is 12.8. The zero-order chi connectivity index (χ0) is 12.3. The van der Waals surface area contributed by atoms with Gasteiger partial charge in [0.05, 0.1) is 5.75 Å². The molecule has 94 valence electrons. The van der Waals surface area contributed by atoms with Crippen LogP contribution in [-0.4, -0.2) is 19.9 Å². The van der Waals surface area contributed by atoms with Gasteiger partial charge in [0, 0.05) is 10.6 Å². The van der Waals surface area contributed by atoms with Crippen molar-refractivity contribution >= 4 is 27.5 Å². The molecule has 0 atom stereocenters. The quantitative estimate of drug-likeness (QED) is 0.916. The Morgan fingerprint density at radius 3 is 3.00 bits per heavy atom. The minimum atomic E-state index is -3.17. The van der Waals surface area contributed by atoms with Crippen LogP contribution in [0.2, 0.25) is 0 Å². The Hall–Kier alpha value is -0.680. The van der Waals surface area contributed by atoms with Crippen LogP contribution in [0.1, 0.15) is 25.3 Å². The van der Waals surface area contributed by atoms with Crippen molar-refractivity contribution in [2.75, 3.05) is 16.2 Å². The molecule has 1 aliphatic heterocycles. The SMILES string of the molecule is CCCS(=O)(=O)Nc1ccc2c(c1)CCCS2. The number of hydrogen-bond acceptors (Lipinski definition) is 3. The Balaban J connectivity index is 2.17. The molecule has 1 heterocycles. The van der Waals surface area contributed by atoms with Gasteiger partial charge in [-0.05, 0) is 48.8 Å². The Morgan fingerprint density at radius 2 is 2.24 bits per heavy atom. The van der Waals surface area contributed by atoms with Crippen molar-refractivity contribution in [3.63, 3.8) is 0 Å². The van der Waals surface area contributed by atoms with Crippen LogP contribution >= 0.6 is 11.8 Å². The molecule has 2 rings (SSSR count). The number of benzene rings is 1. The summed E-state index contributed by atoms with van der Waals surface area (Å²) in [6.07, 6.45) is 2.85. The van der Waals surface area contributed by atoms with E-state index in [-0.39, 0.29) is 5.75 Å². The minimum Gasteiger partial charge on any atom is -0.284 e. The second-order valence-corrected chi connectivity index (χ2v) is 7.17. The van der Waals surface area contributed by atoms with E-state index in [1.54, 1.807) is 0 Å². The van der Waals surface area contributed by atoms with Gasteiger partial charge in [-0.15, -0.1) is 11.8 Å². The van der Waals surface area contributed by atoms with E-state index in [0.717, 1.165) is 12.2 Å². The number of rotatable bonds is 4. The molecule has 0 saturated heterocycles. The Bertz CT molecular complexity index is 497. The van der Waals surface area contributed by atoms with Crippen LogP contribution < -0.4 is 4.72 Å². The second kappa shape index (κ2) is 5.31. The maximum Gasteiger partial charge on any atom is 0.232 e. The summed E-state index contributed by atoms with van der Waals surface area (Å²) < 4.78 is 25.9. The lowest BCUT2D eigenvalue weighted by molar-refractivity contribution is 0.600. The highest BCUT2D eigenvalue weighted by molar-refractivity contribution is 7.99. The van der Waals surface area contributed by atoms with Crippen LogP contribution in [0, 0.1) is 0 Å². The standard InChI is InChI=1S/C12H17NO2S2/c1-2-8-17(14,15)13-11-5-6-12-10(9-11)4-3-7-16-12/h5-6,9,13H,2-4,7-8H2,1H3. The van der Waals surface area contributed by atoms with Crippen LogP contribution in [0.5, 0.6) is 0 Å². The van der Waals surface area contributed by atoms with Crippen molar-refractivity contribution in [2.45, 2.75) is 31.1 Å². The molecule has 17 heavy (non-hydrogen) atoms. The maximum atomic E-state index is 11.7.